The van der Waals surface area contributed by atoms with E-state index in [1.807, 2.05) is 49.4 Å². The Hall–Kier alpha value is -1.99. The quantitative estimate of drug-likeness (QED) is 0.838. The minimum atomic E-state index is 0.537. The van der Waals surface area contributed by atoms with Crippen LogP contribution in [0.25, 0.3) is 0 Å². The average molecular weight is 331 g/mol. The molecule has 0 fully saturated rings. The molecule has 0 saturated carbocycles. The Morgan fingerprint density at radius 1 is 1.25 bits per heavy atom. The molecule has 0 aromatic heterocycles. The highest BCUT2D eigenvalue weighted by atomic mass is 79.9. The average Bonchev–Trinajstić information content (AvgIpc) is 2.44. The Morgan fingerprint density at radius 2 is 2.05 bits per heavy atom. The van der Waals surface area contributed by atoms with Gasteiger partial charge in [-0.3, -0.25) is 0 Å². The molecule has 0 amide bonds. The van der Waals surface area contributed by atoms with Gasteiger partial charge in [-0.05, 0) is 36.8 Å². The summed E-state index contributed by atoms with van der Waals surface area (Å²) in [5.74, 6) is 0.825. The van der Waals surface area contributed by atoms with Crippen molar-refractivity contribution in [2.75, 3.05) is 18.5 Å². The van der Waals surface area contributed by atoms with Crippen LogP contribution in [0.1, 0.15) is 11.1 Å². The van der Waals surface area contributed by atoms with Gasteiger partial charge in [0.05, 0.1) is 11.3 Å². The van der Waals surface area contributed by atoms with E-state index in [2.05, 4.69) is 27.3 Å². The van der Waals surface area contributed by atoms with Gasteiger partial charge in [-0.25, -0.2) is 0 Å². The third-order valence-corrected chi connectivity index (χ3v) is 3.36. The standard InChI is InChI=1S/C16H15BrN2O/c1-12-4-2-7-16(15(12)11-18)19-8-9-20-14-6-3-5-13(17)10-14/h2-7,10,19H,8-9H2,1H3. The van der Waals surface area contributed by atoms with E-state index in [9.17, 15) is 0 Å². The van der Waals surface area contributed by atoms with Gasteiger partial charge in [0.2, 0.25) is 0 Å². The predicted molar refractivity (Wildman–Crippen MR) is 84.0 cm³/mol. The van der Waals surface area contributed by atoms with Crippen LogP contribution in [-0.4, -0.2) is 13.2 Å². The minimum Gasteiger partial charge on any atom is -0.492 e. The Balaban J connectivity index is 1.88. The smallest absolute Gasteiger partial charge is 0.120 e. The van der Waals surface area contributed by atoms with Crippen molar-refractivity contribution in [2.45, 2.75) is 6.92 Å². The Morgan fingerprint density at radius 3 is 2.80 bits per heavy atom. The molecule has 0 heterocycles. The van der Waals surface area contributed by atoms with Gasteiger partial charge in [0.25, 0.3) is 0 Å². The molecule has 2 aromatic rings. The lowest BCUT2D eigenvalue weighted by molar-refractivity contribution is 0.332. The van der Waals surface area contributed by atoms with Crippen LogP contribution in [0.15, 0.2) is 46.9 Å². The largest absolute Gasteiger partial charge is 0.492 e. The van der Waals surface area contributed by atoms with Crippen LogP contribution in [0.2, 0.25) is 0 Å². The lowest BCUT2D eigenvalue weighted by Crippen LogP contribution is -2.12. The summed E-state index contributed by atoms with van der Waals surface area (Å²) in [7, 11) is 0. The summed E-state index contributed by atoms with van der Waals surface area (Å²) in [6.45, 7) is 3.11. The van der Waals surface area contributed by atoms with Crippen LogP contribution in [0.3, 0.4) is 0 Å². The van der Waals surface area contributed by atoms with E-state index >= 15 is 0 Å². The van der Waals surface area contributed by atoms with Gasteiger partial charge >= 0.3 is 0 Å². The van der Waals surface area contributed by atoms with E-state index in [4.69, 9.17) is 10.00 Å². The van der Waals surface area contributed by atoms with Crippen molar-refractivity contribution in [2.24, 2.45) is 0 Å². The molecule has 3 nitrogen and oxygen atoms in total. The highest BCUT2D eigenvalue weighted by Crippen LogP contribution is 2.19. The topological polar surface area (TPSA) is 45.0 Å². The SMILES string of the molecule is Cc1cccc(NCCOc2cccc(Br)c2)c1C#N. The molecule has 0 radical (unpaired) electrons. The zero-order chi connectivity index (χ0) is 14.4. The number of ether oxygens (including phenoxy) is 1. The van der Waals surface area contributed by atoms with Gasteiger partial charge in [-0.15, -0.1) is 0 Å². The highest BCUT2D eigenvalue weighted by Gasteiger charge is 2.03. The number of aryl methyl sites for hydroxylation is 1. The van der Waals surface area contributed by atoms with E-state index in [1.54, 1.807) is 0 Å². The fourth-order valence-electron chi connectivity index (χ4n) is 1.87. The maximum Gasteiger partial charge on any atom is 0.120 e. The lowest BCUT2D eigenvalue weighted by atomic mass is 10.1. The molecule has 20 heavy (non-hydrogen) atoms. The zero-order valence-electron chi connectivity index (χ0n) is 11.2. The molecule has 0 aliphatic heterocycles. The number of hydrogen-bond acceptors (Lipinski definition) is 3. The molecule has 0 unspecified atom stereocenters. The van der Waals surface area contributed by atoms with Gasteiger partial charge < -0.3 is 10.1 Å². The van der Waals surface area contributed by atoms with Crippen LogP contribution in [-0.2, 0) is 0 Å². The van der Waals surface area contributed by atoms with Crippen molar-refractivity contribution in [1.29, 1.82) is 5.26 Å². The molecule has 0 aliphatic carbocycles. The van der Waals surface area contributed by atoms with Crippen molar-refractivity contribution in [1.82, 2.24) is 0 Å². The molecule has 1 N–H and O–H groups in total. The van der Waals surface area contributed by atoms with Crippen LogP contribution in [0.4, 0.5) is 5.69 Å². The van der Waals surface area contributed by atoms with E-state index in [0.717, 1.165) is 21.5 Å². The predicted octanol–water partition coefficient (Wildman–Crippen LogP) is 4.12. The molecule has 0 bridgehead atoms. The summed E-state index contributed by atoms with van der Waals surface area (Å²) in [5.41, 5.74) is 2.52. The first kappa shape index (κ1) is 14.4. The lowest BCUT2D eigenvalue weighted by Gasteiger charge is -2.11. The maximum absolute atomic E-state index is 9.14. The van der Waals surface area contributed by atoms with Crippen LogP contribution >= 0.6 is 15.9 Å². The second-order valence-electron chi connectivity index (χ2n) is 4.34. The van der Waals surface area contributed by atoms with E-state index in [-0.39, 0.29) is 0 Å². The van der Waals surface area contributed by atoms with Crippen molar-refractivity contribution in [3.05, 3.63) is 58.1 Å². The number of nitrogens with zero attached hydrogens (tertiary/aromatic N) is 1. The van der Waals surface area contributed by atoms with Gasteiger partial charge in [-0.2, -0.15) is 5.26 Å². The second kappa shape index (κ2) is 6.97. The molecular formula is C16H15BrN2O. The van der Waals surface area contributed by atoms with E-state index < -0.39 is 0 Å². The molecule has 0 atom stereocenters. The highest BCUT2D eigenvalue weighted by molar-refractivity contribution is 9.10. The summed E-state index contributed by atoms with van der Waals surface area (Å²) in [4.78, 5) is 0. The fraction of sp³-hybridized carbons (Fsp3) is 0.188. The molecule has 102 valence electrons. The van der Waals surface area contributed by atoms with Crippen LogP contribution in [0.5, 0.6) is 5.75 Å². The van der Waals surface area contributed by atoms with E-state index in [1.165, 1.54) is 0 Å². The first-order valence-electron chi connectivity index (χ1n) is 6.32. The third-order valence-electron chi connectivity index (χ3n) is 2.87. The zero-order valence-corrected chi connectivity index (χ0v) is 12.8. The van der Waals surface area contributed by atoms with Crippen molar-refractivity contribution >= 4 is 21.6 Å². The van der Waals surface area contributed by atoms with Gasteiger partial charge in [0, 0.05) is 11.0 Å². The minimum absolute atomic E-state index is 0.537. The monoisotopic (exact) mass is 330 g/mol. The van der Waals surface area contributed by atoms with Crippen molar-refractivity contribution in [3.8, 4) is 11.8 Å². The van der Waals surface area contributed by atoms with E-state index in [0.29, 0.717) is 18.7 Å². The third kappa shape index (κ3) is 3.75. The second-order valence-corrected chi connectivity index (χ2v) is 5.26. The summed E-state index contributed by atoms with van der Waals surface area (Å²) in [6, 6.07) is 15.7. The Labute approximate surface area is 127 Å². The fourth-order valence-corrected chi connectivity index (χ4v) is 2.25. The number of halogens is 1. The number of benzene rings is 2. The first-order chi connectivity index (χ1) is 9.70. The maximum atomic E-state index is 9.14. The number of anilines is 1. The normalized spacial score (nSPS) is 9.85. The molecule has 0 saturated heterocycles. The van der Waals surface area contributed by atoms with Crippen LogP contribution < -0.4 is 10.1 Å². The molecule has 2 rings (SSSR count). The first-order valence-corrected chi connectivity index (χ1v) is 7.12. The van der Waals surface area contributed by atoms with Gasteiger partial charge in [-0.1, -0.05) is 34.1 Å². The Bertz CT molecular complexity index is 635. The summed E-state index contributed by atoms with van der Waals surface area (Å²) < 4.78 is 6.63. The van der Waals surface area contributed by atoms with Gasteiger partial charge in [0.1, 0.15) is 18.4 Å². The molecule has 4 heteroatoms. The molecular weight excluding hydrogens is 316 g/mol. The van der Waals surface area contributed by atoms with Crippen molar-refractivity contribution in [3.63, 3.8) is 0 Å². The summed E-state index contributed by atoms with van der Waals surface area (Å²) in [6.07, 6.45) is 0. The number of rotatable bonds is 5. The summed E-state index contributed by atoms with van der Waals surface area (Å²) in [5, 5.41) is 12.4. The Kier molecular flexibility index (Phi) is 5.03. The molecule has 2 aromatic carbocycles. The van der Waals surface area contributed by atoms with Gasteiger partial charge in [0.15, 0.2) is 0 Å². The molecule has 0 aliphatic rings. The molecule has 0 spiro atoms. The number of nitrogens with one attached hydrogen (secondary N) is 1. The van der Waals surface area contributed by atoms with Crippen molar-refractivity contribution < 1.29 is 4.74 Å². The van der Waals surface area contributed by atoms with Crippen LogP contribution in [0, 0.1) is 18.3 Å². The summed E-state index contributed by atoms with van der Waals surface area (Å²) >= 11 is 3.40. The number of nitriles is 1. The number of hydrogen-bond donors (Lipinski definition) is 1.